The molecule has 0 aliphatic heterocycles. The van der Waals surface area contributed by atoms with E-state index in [1.54, 1.807) is 0 Å². The van der Waals surface area contributed by atoms with Crippen molar-refractivity contribution in [2.75, 3.05) is 4.43 Å². The highest BCUT2D eigenvalue weighted by Gasteiger charge is 1.46. The number of rotatable bonds is 0. The summed E-state index contributed by atoms with van der Waals surface area (Å²) >= 11 is 8.52. The van der Waals surface area contributed by atoms with Gasteiger partial charge in [0.25, 0.3) is 0 Å². The van der Waals surface area contributed by atoms with E-state index in [0.717, 1.165) is 9.43 Å². The fourth-order valence-corrected chi connectivity index (χ4v) is 0. The SMILES string of the molecule is S=PI.[3H]C#CCI. The number of terminal acetylenes is 1. The topological polar surface area (TPSA) is 0 Å². The summed E-state index contributed by atoms with van der Waals surface area (Å²) in [7, 11) is 0. The smallest absolute Gasteiger partial charge is 0.119 e. The molecule has 4 heteroatoms. The maximum atomic E-state index is 6.24. The third-order valence-electron chi connectivity index (χ3n) is 0.0668. The summed E-state index contributed by atoms with van der Waals surface area (Å²) in [6.07, 6.45) is 2.01. The molecule has 0 spiro atoms. The minimum absolute atomic E-state index is 0.765. The second-order valence-electron chi connectivity index (χ2n) is 0.379. The minimum atomic E-state index is 0.765. The van der Waals surface area contributed by atoms with E-state index in [4.69, 9.17) is 1.37 Å². The Morgan fingerprint density at radius 3 is 2.57 bits per heavy atom. The maximum absolute atomic E-state index is 6.24. The standard InChI is InChI=1S/C3H3I.IPS/c1-2-3-4;1-2-3/h1H,3H2;/i1T;. The molecule has 0 aliphatic carbocycles. The second kappa shape index (κ2) is 15.6. The fourth-order valence-electron chi connectivity index (χ4n) is 0. The van der Waals surface area contributed by atoms with Gasteiger partial charge in [-0.05, 0) is 33.8 Å². The molecule has 0 N–H and O–H groups in total. The third kappa shape index (κ3) is 35.9. The predicted octanol–water partition coefficient (Wildman–Crippen LogP) is 2.80. The van der Waals surface area contributed by atoms with Gasteiger partial charge in [-0.25, -0.2) is 0 Å². The van der Waals surface area contributed by atoms with Crippen molar-refractivity contribution in [3.8, 4) is 12.3 Å². The van der Waals surface area contributed by atoms with Crippen molar-refractivity contribution in [2.24, 2.45) is 0 Å². The van der Waals surface area contributed by atoms with E-state index in [2.05, 4.69) is 62.4 Å². The number of hydrogen-bond acceptors (Lipinski definition) is 1. The lowest BCUT2D eigenvalue weighted by Crippen LogP contribution is -1.45. The van der Waals surface area contributed by atoms with E-state index in [-0.39, 0.29) is 0 Å². The van der Waals surface area contributed by atoms with Crippen molar-refractivity contribution in [3.63, 3.8) is 0 Å². The first-order valence-electron chi connectivity index (χ1n) is 1.72. The Hall–Kier alpha value is 1.54. The molecule has 0 aromatic heterocycles. The summed E-state index contributed by atoms with van der Waals surface area (Å²) in [5, 5.41) is 0. The number of alkyl halides is 1. The minimum Gasteiger partial charge on any atom is -0.119 e. The molecular weight excluding hydrogens is 353 g/mol. The van der Waals surface area contributed by atoms with Crippen LogP contribution in [-0.2, 0) is 11.8 Å². The lowest BCUT2D eigenvalue weighted by molar-refractivity contribution is 2.06. The normalized spacial score (nSPS) is 6.86. The zero-order chi connectivity index (χ0) is 6.83. The van der Waals surface area contributed by atoms with Crippen LogP contribution in [0.5, 0.6) is 0 Å². The first-order chi connectivity index (χ1) is 3.83. The highest BCUT2D eigenvalue weighted by atomic mass is 127. The van der Waals surface area contributed by atoms with Gasteiger partial charge in [-0.3, -0.25) is 0 Å². The van der Waals surface area contributed by atoms with Crippen LogP contribution in [0.2, 0.25) is 0 Å². The molecular formula is C3H3I2PS. The van der Waals surface area contributed by atoms with Crippen molar-refractivity contribution in [1.82, 2.24) is 0 Å². The Labute approximate surface area is 78.7 Å². The average molecular weight is 358 g/mol. The molecule has 0 aromatic carbocycles. The van der Waals surface area contributed by atoms with Crippen LogP contribution in [0.3, 0.4) is 0 Å². The van der Waals surface area contributed by atoms with E-state index >= 15 is 0 Å². The molecule has 0 heterocycles. The van der Waals surface area contributed by atoms with Crippen LogP contribution in [-0.4, -0.2) is 4.43 Å². The van der Waals surface area contributed by atoms with Crippen LogP contribution in [0.1, 0.15) is 1.37 Å². The zero-order valence-corrected chi connectivity index (χ0v) is 9.34. The average Bonchev–Trinajstić information content (AvgIpc) is 1.71. The quantitative estimate of drug-likeness (QED) is 0.278. The van der Waals surface area contributed by atoms with Gasteiger partial charge in [0.2, 0.25) is 0 Å². The van der Waals surface area contributed by atoms with Gasteiger partial charge in [0.05, 0.1) is 4.43 Å². The van der Waals surface area contributed by atoms with Gasteiger partial charge < -0.3 is 0 Å². The Kier molecular flexibility index (Phi) is 19.1. The molecule has 0 saturated carbocycles. The number of hydrogen-bond donors (Lipinski definition) is 0. The predicted molar refractivity (Wildman–Crippen MR) is 56.0 cm³/mol. The van der Waals surface area contributed by atoms with Gasteiger partial charge in [0, 0.05) is 5.00 Å². The van der Waals surface area contributed by atoms with Gasteiger partial charge in [-0.2, -0.15) is 0 Å². The van der Waals surface area contributed by atoms with E-state index in [1.165, 1.54) is 0 Å². The molecule has 40 valence electrons. The summed E-state index contributed by atoms with van der Waals surface area (Å²) in [5.74, 6) is 2.51. The molecule has 0 unspecified atom stereocenters. The fraction of sp³-hybridized carbons (Fsp3) is 0.333. The van der Waals surface area contributed by atoms with Crippen molar-refractivity contribution in [2.45, 2.75) is 0 Å². The number of halogens is 2. The molecule has 0 fully saturated rings. The summed E-state index contributed by atoms with van der Waals surface area (Å²) < 4.78 is 7.00. The Morgan fingerprint density at radius 1 is 2.14 bits per heavy atom. The highest BCUT2D eigenvalue weighted by Crippen LogP contribution is 2.00. The lowest BCUT2D eigenvalue weighted by Gasteiger charge is -1.50. The highest BCUT2D eigenvalue weighted by molar-refractivity contribution is 14.2. The van der Waals surface area contributed by atoms with E-state index < -0.39 is 0 Å². The van der Waals surface area contributed by atoms with E-state index in [1.807, 2.05) is 6.40 Å². The van der Waals surface area contributed by atoms with Crippen molar-refractivity contribution in [3.05, 3.63) is 0 Å². The molecule has 0 aliphatic rings. The Balaban J connectivity index is 0. The van der Waals surface area contributed by atoms with E-state index in [0.29, 0.717) is 0 Å². The largest absolute Gasteiger partial charge is 0.124 e. The van der Waals surface area contributed by atoms with Gasteiger partial charge in [-0.1, -0.05) is 28.5 Å². The Morgan fingerprint density at radius 2 is 2.57 bits per heavy atom. The Bertz CT molecular complexity index is 97.2. The molecule has 0 amide bonds. The van der Waals surface area contributed by atoms with Crippen LogP contribution < -0.4 is 0 Å². The molecule has 0 saturated heterocycles. The van der Waals surface area contributed by atoms with Gasteiger partial charge in [-0.15, -0.1) is 6.40 Å². The molecule has 0 bridgehead atoms. The van der Waals surface area contributed by atoms with Gasteiger partial charge in [0.15, 0.2) is 0 Å². The molecule has 0 atom stereocenters. The van der Waals surface area contributed by atoms with Gasteiger partial charge in [0.1, 0.15) is 1.37 Å². The first kappa shape index (κ1) is 8.54. The molecule has 0 aromatic rings. The summed E-state index contributed by atoms with van der Waals surface area (Å²) in [4.78, 5) is 0.970. The molecule has 0 rings (SSSR count). The van der Waals surface area contributed by atoms with Crippen LogP contribution >= 0.6 is 49.6 Å². The summed E-state index contributed by atoms with van der Waals surface area (Å²) in [6.45, 7) is 0. The van der Waals surface area contributed by atoms with Crippen LogP contribution in [0.25, 0.3) is 0 Å². The summed E-state index contributed by atoms with van der Waals surface area (Å²) in [6, 6.07) is 0. The van der Waals surface area contributed by atoms with Crippen molar-refractivity contribution >= 4 is 61.4 Å². The van der Waals surface area contributed by atoms with Crippen molar-refractivity contribution < 1.29 is 1.37 Å². The third-order valence-corrected chi connectivity index (χ3v) is 0.448. The van der Waals surface area contributed by atoms with Gasteiger partial charge >= 0.3 is 0 Å². The van der Waals surface area contributed by atoms with Crippen LogP contribution in [0.15, 0.2) is 0 Å². The second-order valence-corrected chi connectivity index (χ2v) is 5.24. The summed E-state index contributed by atoms with van der Waals surface area (Å²) in [5.41, 5.74) is 0. The van der Waals surface area contributed by atoms with Crippen LogP contribution in [0, 0.1) is 12.3 Å². The first-order valence-corrected chi connectivity index (χ1v) is 7.44. The molecule has 0 nitrogen and oxygen atoms in total. The molecule has 0 radical (unpaired) electrons. The lowest BCUT2D eigenvalue weighted by atomic mass is 10.9. The zero-order valence-electron chi connectivity index (χ0n) is 4.32. The monoisotopic (exact) mass is 358 g/mol. The maximum Gasteiger partial charge on any atom is 0.124 e. The van der Waals surface area contributed by atoms with Crippen molar-refractivity contribution in [1.29, 1.82) is 0 Å². The molecule has 7 heavy (non-hydrogen) atoms. The van der Waals surface area contributed by atoms with Crippen LogP contribution in [0.4, 0.5) is 0 Å². The van der Waals surface area contributed by atoms with E-state index in [9.17, 15) is 0 Å².